The fourth-order valence-electron chi connectivity index (χ4n) is 3.05. The molecule has 1 amide bonds. The van der Waals surface area contributed by atoms with Crippen molar-refractivity contribution >= 4 is 15.9 Å². The first kappa shape index (κ1) is 19.4. The second-order valence-corrected chi connectivity index (χ2v) is 8.75. The molecular weight excluding hydrogens is 370 g/mol. The fraction of sp³-hybridized carbons (Fsp3) is 0.529. The van der Waals surface area contributed by atoms with E-state index in [-0.39, 0.29) is 24.8 Å². The van der Waals surface area contributed by atoms with Gasteiger partial charge in [-0.15, -0.1) is 0 Å². The molecule has 0 atom stereocenters. The third-order valence-corrected chi connectivity index (χ3v) is 5.98. The van der Waals surface area contributed by atoms with Crippen molar-refractivity contribution in [1.82, 2.24) is 24.3 Å². The first-order valence-corrected chi connectivity index (χ1v) is 10.6. The van der Waals surface area contributed by atoms with E-state index in [1.807, 2.05) is 0 Å². The standard InChI is InChI=1S/C17H23N5O4S/c1-21(16(23)11-13-3-7-18-8-4-13)12-15-19-17(20-26-15)14-5-9-22(10-6-14)27(2,24)25/h3-4,7-8,14H,5-6,9-12H2,1-2H3. The van der Waals surface area contributed by atoms with E-state index >= 15 is 0 Å². The fourth-order valence-corrected chi connectivity index (χ4v) is 3.92. The van der Waals surface area contributed by atoms with Crippen molar-refractivity contribution in [3.8, 4) is 0 Å². The van der Waals surface area contributed by atoms with Gasteiger partial charge in [-0.25, -0.2) is 12.7 Å². The molecule has 2 aromatic rings. The molecule has 2 aromatic heterocycles. The molecule has 0 aromatic carbocycles. The van der Waals surface area contributed by atoms with E-state index in [0.29, 0.717) is 37.6 Å². The maximum atomic E-state index is 12.3. The lowest BCUT2D eigenvalue weighted by atomic mass is 9.98. The molecule has 0 aliphatic carbocycles. The zero-order valence-electron chi connectivity index (χ0n) is 15.4. The molecule has 0 saturated carbocycles. The summed E-state index contributed by atoms with van der Waals surface area (Å²) < 4.78 is 29.9. The predicted octanol–water partition coefficient (Wildman–Crippen LogP) is 0.805. The normalized spacial score (nSPS) is 16.4. The van der Waals surface area contributed by atoms with Gasteiger partial charge in [0.15, 0.2) is 5.82 Å². The van der Waals surface area contributed by atoms with Gasteiger partial charge in [-0.1, -0.05) is 5.16 Å². The number of aromatic nitrogens is 3. The van der Waals surface area contributed by atoms with Crippen LogP contribution in [0.2, 0.25) is 0 Å². The predicted molar refractivity (Wildman–Crippen MR) is 97.1 cm³/mol. The molecular formula is C17H23N5O4S. The van der Waals surface area contributed by atoms with Crippen molar-refractivity contribution in [1.29, 1.82) is 0 Å². The molecule has 1 aliphatic heterocycles. The summed E-state index contributed by atoms with van der Waals surface area (Å²) in [7, 11) is -1.46. The molecule has 0 bridgehead atoms. The second kappa shape index (κ2) is 8.13. The average Bonchev–Trinajstić information content (AvgIpc) is 3.10. The number of rotatable bonds is 6. The van der Waals surface area contributed by atoms with Gasteiger partial charge in [-0.05, 0) is 30.5 Å². The molecule has 0 radical (unpaired) electrons. The topological polar surface area (TPSA) is 110 Å². The van der Waals surface area contributed by atoms with Crippen molar-refractivity contribution in [3.63, 3.8) is 0 Å². The van der Waals surface area contributed by atoms with E-state index in [1.54, 1.807) is 36.5 Å². The van der Waals surface area contributed by atoms with Crippen molar-refractivity contribution in [3.05, 3.63) is 41.8 Å². The van der Waals surface area contributed by atoms with Gasteiger partial charge >= 0.3 is 0 Å². The minimum absolute atomic E-state index is 0.0533. The molecule has 0 N–H and O–H groups in total. The number of sulfonamides is 1. The van der Waals surface area contributed by atoms with Crippen LogP contribution in [0.4, 0.5) is 0 Å². The number of carbonyl (C=O) groups is 1. The van der Waals surface area contributed by atoms with Crippen LogP contribution in [-0.2, 0) is 27.8 Å². The zero-order chi connectivity index (χ0) is 19.4. The number of nitrogens with zero attached hydrogens (tertiary/aromatic N) is 5. The van der Waals surface area contributed by atoms with Crippen molar-refractivity contribution in [2.45, 2.75) is 31.7 Å². The van der Waals surface area contributed by atoms with Gasteiger partial charge in [0.05, 0.1) is 19.2 Å². The van der Waals surface area contributed by atoms with Crippen LogP contribution >= 0.6 is 0 Å². The quantitative estimate of drug-likeness (QED) is 0.714. The highest BCUT2D eigenvalue weighted by molar-refractivity contribution is 7.88. The Balaban J connectivity index is 1.54. The lowest BCUT2D eigenvalue weighted by Gasteiger charge is -2.28. The van der Waals surface area contributed by atoms with Crippen molar-refractivity contribution < 1.29 is 17.7 Å². The molecule has 0 spiro atoms. The van der Waals surface area contributed by atoms with E-state index in [4.69, 9.17) is 4.52 Å². The van der Waals surface area contributed by atoms with Gasteiger partial charge < -0.3 is 9.42 Å². The first-order chi connectivity index (χ1) is 12.8. The lowest BCUT2D eigenvalue weighted by molar-refractivity contribution is -0.130. The summed E-state index contributed by atoms with van der Waals surface area (Å²) in [5, 5.41) is 4.02. The molecule has 1 aliphatic rings. The molecule has 3 rings (SSSR count). The van der Waals surface area contributed by atoms with Crippen LogP contribution in [0.15, 0.2) is 29.0 Å². The largest absolute Gasteiger partial charge is 0.337 e. The summed E-state index contributed by atoms with van der Waals surface area (Å²) in [4.78, 5) is 22.2. The summed E-state index contributed by atoms with van der Waals surface area (Å²) in [5.74, 6) is 0.968. The molecule has 10 heteroatoms. The second-order valence-electron chi connectivity index (χ2n) is 6.76. The Morgan fingerprint density at radius 2 is 1.96 bits per heavy atom. The summed E-state index contributed by atoms with van der Waals surface area (Å²) in [5.41, 5.74) is 0.894. The SMILES string of the molecule is CN(Cc1nc(C2CCN(S(C)(=O)=O)CC2)no1)C(=O)Cc1ccncc1. The van der Waals surface area contributed by atoms with Gasteiger partial charge in [0.1, 0.15) is 0 Å². The Bertz CT molecular complexity index is 876. The molecule has 3 heterocycles. The molecule has 9 nitrogen and oxygen atoms in total. The highest BCUT2D eigenvalue weighted by Crippen LogP contribution is 2.27. The van der Waals surface area contributed by atoms with Crippen LogP contribution in [0.25, 0.3) is 0 Å². The smallest absolute Gasteiger partial charge is 0.246 e. The highest BCUT2D eigenvalue weighted by atomic mass is 32.2. The number of pyridine rings is 1. The van der Waals surface area contributed by atoms with Gasteiger partial charge in [0.25, 0.3) is 0 Å². The van der Waals surface area contributed by atoms with Crippen LogP contribution in [0.3, 0.4) is 0 Å². The number of likely N-dealkylation sites (N-methyl/N-ethyl adjacent to an activating group) is 1. The first-order valence-electron chi connectivity index (χ1n) is 8.73. The van der Waals surface area contributed by atoms with Crippen molar-refractivity contribution in [2.75, 3.05) is 26.4 Å². The zero-order valence-corrected chi connectivity index (χ0v) is 16.2. The van der Waals surface area contributed by atoms with E-state index in [9.17, 15) is 13.2 Å². The van der Waals surface area contributed by atoms with Crippen LogP contribution in [-0.4, -0.2) is 65.0 Å². The van der Waals surface area contributed by atoms with Gasteiger partial charge in [0.2, 0.25) is 21.8 Å². The van der Waals surface area contributed by atoms with Crippen LogP contribution in [0.5, 0.6) is 0 Å². The van der Waals surface area contributed by atoms with Gasteiger partial charge in [-0.3, -0.25) is 9.78 Å². The molecule has 146 valence electrons. The van der Waals surface area contributed by atoms with E-state index < -0.39 is 10.0 Å². The van der Waals surface area contributed by atoms with Gasteiger partial charge in [0, 0.05) is 38.4 Å². The summed E-state index contributed by atoms with van der Waals surface area (Å²) in [6, 6.07) is 3.61. The Labute approximate surface area is 158 Å². The molecule has 27 heavy (non-hydrogen) atoms. The maximum absolute atomic E-state index is 12.3. The molecule has 0 unspecified atom stereocenters. The van der Waals surface area contributed by atoms with Crippen LogP contribution < -0.4 is 0 Å². The number of carbonyl (C=O) groups excluding carboxylic acids is 1. The Morgan fingerprint density at radius 1 is 1.30 bits per heavy atom. The minimum atomic E-state index is -3.16. The highest BCUT2D eigenvalue weighted by Gasteiger charge is 2.28. The summed E-state index contributed by atoms with van der Waals surface area (Å²) >= 11 is 0. The van der Waals surface area contributed by atoms with Crippen LogP contribution in [0, 0.1) is 0 Å². The number of amides is 1. The molecule has 1 saturated heterocycles. The lowest BCUT2D eigenvalue weighted by Crippen LogP contribution is -2.37. The molecule has 1 fully saturated rings. The van der Waals surface area contributed by atoms with Crippen LogP contribution in [0.1, 0.15) is 36.0 Å². The Kier molecular flexibility index (Phi) is 5.85. The Morgan fingerprint density at radius 3 is 2.59 bits per heavy atom. The van der Waals surface area contributed by atoms with Crippen molar-refractivity contribution in [2.24, 2.45) is 0 Å². The third kappa shape index (κ3) is 5.10. The number of piperidine rings is 1. The average molecular weight is 393 g/mol. The van der Waals surface area contributed by atoms with E-state index in [1.165, 1.54) is 10.6 Å². The van der Waals surface area contributed by atoms with E-state index in [2.05, 4.69) is 15.1 Å². The number of hydrogen-bond acceptors (Lipinski definition) is 7. The minimum Gasteiger partial charge on any atom is -0.337 e. The summed E-state index contributed by atoms with van der Waals surface area (Å²) in [6.45, 7) is 1.15. The monoisotopic (exact) mass is 393 g/mol. The third-order valence-electron chi connectivity index (χ3n) is 4.67. The summed E-state index contributed by atoms with van der Waals surface area (Å²) in [6.07, 6.45) is 6.12. The Hall–Kier alpha value is -2.33. The number of hydrogen-bond donors (Lipinski definition) is 0. The maximum Gasteiger partial charge on any atom is 0.246 e. The van der Waals surface area contributed by atoms with E-state index in [0.717, 1.165) is 5.56 Å². The van der Waals surface area contributed by atoms with Gasteiger partial charge in [-0.2, -0.15) is 4.98 Å².